The molecule has 8 N–H and O–H groups in total. The molecule has 0 aliphatic carbocycles. The summed E-state index contributed by atoms with van der Waals surface area (Å²) in [6.07, 6.45) is 21.8. The number of aliphatic carboxylic acids is 1. The number of aromatic nitrogens is 1. The predicted octanol–water partition coefficient (Wildman–Crippen LogP) is 10.2. The average Bonchev–Trinajstić information content (AvgIpc) is 3.67. The summed E-state index contributed by atoms with van der Waals surface area (Å²) in [4.78, 5) is 56.7. The van der Waals surface area contributed by atoms with E-state index in [1.54, 1.807) is 35.3 Å². The molecular formula is C48H86N6O6S4. The van der Waals surface area contributed by atoms with Crippen molar-refractivity contribution in [3.05, 3.63) is 84.1 Å². The summed E-state index contributed by atoms with van der Waals surface area (Å²) in [5, 5.41) is 20.9. The summed E-state index contributed by atoms with van der Waals surface area (Å²) in [5.74, 6) is -1.71. The van der Waals surface area contributed by atoms with Crippen LogP contribution in [-0.2, 0) is 30.4 Å². The Kier molecular flexibility index (Phi) is 60.0. The van der Waals surface area contributed by atoms with Gasteiger partial charge in [0.1, 0.15) is 6.04 Å². The first-order valence-corrected chi connectivity index (χ1v) is 27.1. The fourth-order valence-corrected chi connectivity index (χ4v) is 4.11. The van der Waals surface area contributed by atoms with Gasteiger partial charge < -0.3 is 31.4 Å². The Hall–Kier alpha value is -3.83. The van der Waals surface area contributed by atoms with Crippen molar-refractivity contribution < 1.29 is 29.1 Å². The molecule has 0 bridgehead atoms. The number of likely N-dealkylation sites (N-methyl/N-ethyl adjacent to an activating group) is 1. The highest BCUT2D eigenvalue weighted by Gasteiger charge is 2.16. The molecule has 64 heavy (non-hydrogen) atoms. The number of benzene rings is 3. The maximum absolute atomic E-state index is 11.3. The molecule has 0 spiro atoms. The lowest BCUT2D eigenvalue weighted by molar-refractivity contribution is -0.134. The SMILES string of the molecule is CC.CC(=O)O.CC(C)CCc1c[nH]c2ccccc12.CC(NC(=O)CN(C)C=O)C(=O)NCC(N)=O.CCCC.CSC.CSC.CSC.CSN.Cc1cccc2ccccc12. The third kappa shape index (κ3) is 49.2. The van der Waals surface area contributed by atoms with Crippen LogP contribution in [0, 0.1) is 12.8 Å². The standard InChI is InChI=1S/C13H17N.C11H10.C9H16N4O4.C4H10.C2H4O2.3C2H6S.C2H6.CH5NS/c1-10(2)7-8-11-9-14-13-6-4-3-5-12(11)13;1-9-5-4-7-10-6-2-3-8-11(9)10;1-6(9(17)11-3-7(10)15)12-8(16)4-13(2)5-14;1-3-4-2;1-2(3)4;3*1-3-2;1-2;1-3-2/h3-6,9-10,14H,7-8H2,1-2H3;2-8H,1H3;5-6H,3-4H2,1-2H3,(H2,10,15)(H,11,17)(H,12,16);3-4H2,1-2H3;1H3,(H,3,4);3*1-2H3;1-2H3;2H2,1H3. The molecule has 3 aromatic carbocycles. The Bertz CT molecular complexity index is 1680. The number of fused-ring (bicyclic) bond motifs is 2. The number of nitrogens with two attached hydrogens (primary N) is 2. The molecule has 1 atom stereocenters. The monoisotopic (exact) mass is 971 g/mol. The van der Waals surface area contributed by atoms with Gasteiger partial charge in [-0.15, -0.1) is 0 Å². The van der Waals surface area contributed by atoms with E-state index in [2.05, 4.69) is 123 Å². The molecule has 0 radical (unpaired) electrons. The molecule has 1 heterocycles. The minimum absolute atomic E-state index is 0.142. The lowest BCUT2D eigenvalue weighted by atomic mass is 10.0. The van der Waals surface area contributed by atoms with Crippen LogP contribution in [0.2, 0.25) is 0 Å². The van der Waals surface area contributed by atoms with E-state index in [1.165, 1.54) is 84.4 Å². The highest BCUT2D eigenvalue weighted by molar-refractivity contribution is 7.98. The van der Waals surface area contributed by atoms with Gasteiger partial charge in [-0.2, -0.15) is 35.3 Å². The van der Waals surface area contributed by atoms with Crippen LogP contribution in [0.3, 0.4) is 0 Å². The lowest BCUT2D eigenvalue weighted by Crippen LogP contribution is -2.48. The third-order valence-corrected chi connectivity index (χ3v) is 6.95. The molecule has 4 rings (SSSR count). The van der Waals surface area contributed by atoms with E-state index < -0.39 is 29.7 Å². The first kappa shape index (κ1) is 71.8. The minimum atomic E-state index is -0.833. The number of unbranched alkanes of at least 4 members (excludes halogenated alkanes) is 1. The number of aryl methyl sites for hydroxylation is 2. The van der Waals surface area contributed by atoms with E-state index in [4.69, 9.17) is 20.8 Å². The van der Waals surface area contributed by atoms with Crippen molar-refractivity contribution in [2.24, 2.45) is 16.8 Å². The lowest BCUT2D eigenvalue weighted by Gasteiger charge is -2.15. The van der Waals surface area contributed by atoms with Gasteiger partial charge in [-0.05, 0) is 104 Å². The Morgan fingerprint density at radius 3 is 1.67 bits per heavy atom. The van der Waals surface area contributed by atoms with Gasteiger partial charge >= 0.3 is 0 Å². The molecule has 0 saturated carbocycles. The molecule has 1 aromatic heterocycles. The summed E-state index contributed by atoms with van der Waals surface area (Å²) >= 11 is 6.50. The first-order chi connectivity index (χ1) is 30.3. The fourth-order valence-electron chi connectivity index (χ4n) is 4.11. The first-order valence-electron chi connectivity index (χ1n) is 21.0. The smallest absolute Gasteiger partial charge is 0.300 e. The average molecular weight is 972 g/mol. The molecule has 1 unspecified atom stereocenters. The molecule has 4 amide bonds. The van der Waals surface area contributed by atoms with Gasteiger partial charge in [0.2, 0.25) is 24.1 Å². The van der Waals surface area contributed by atoms with E-state index in [1.807, 2.05) is 57.6 Å². The van der Waals surface area contributed by atoms with Crippen LogP contribution in [0.1, 0.15) is 85.8 Å². The van der Waals surface area contributed by atoms with E-state index in [-0.39, 0.29) is 13.1 Å². The predicted molar refractivity (Wildman–Crippen MR) is 290 cm³/mol. The van der Waals surface area contributed by atoms with Gasteiger partial charge in [0, 0.05) is 31.1 Å². The largest absolute Gasteiger partial charge is 0.481 e. The van der Waals surface area contributed by atoms with Crippen LogP contribution >= 0.6 is 47.2 Å². The molecule has 368 valence electrons. The number of H-pyrrole nitrogens is 1. The number of hydrogen-bond acceptors (Lipinski definition) is 10. The van der Waals surface area contributed by atoms with Crippen LogP contribution in [0.5, 0.6) is 0 Å². The summed E-state index contributed by atoms with van der Waals surface area (Å²) < 4.78 is 0. The number of aromatic amines is 1. The summed E-state index contributed by atoms with van der Waals surface area (Å²) in [5.41, 5.74) is 8.90. The van der Waals surface area contributed by atoms with Gasteiger partial charge in [0.15, 0.2) is 0 Å². The topological polar surface area (TPSA) is 201 Å². The fraction of sp³-hybridized carbons (Fsp3) is 0.521. The van der Waals surface area contributed by atoms with E-state index in [0.29, 0.717) is 6.41 Å². The van der Waals surface area contributed by atoms with Crippen molar-refractivity contribution in [2.45, 2.75) is 94.0 Å². The Morgan fingerprint density at radius 1 is 0.812 bits per heavy atom. The van der Waals surface area contributed by atoms with Gasteiger partial charge in [-0.1, -0.05) is 127 Å². The van der Waals surface area contributed by atoms with Crippen LogP contribution in [-0.4, -0.2) is 115 Å². The van der Waals surface area contributed by atoms with Gasteiger partial charge in [-0.3, -0.25) is 29.1 Å². The Balaban J connectivity index is -0.000000162. The number of hydrogen-bond donors (Lipinski definition) is 6. The molecule has 0 aliphatic heterocycles. The molecule has 12 nitrogen and oxygen atoms in total. The zero-order valence-corrected chi connectivity index (χ0v) is 45.4. The number of rotatable bonds is 11. The number of amides is 4. The molecule has 0 aliphatic rings. The normalized spacial score (nSPS) is 9.30. The van der Waals surface area contributed by atoms with Crippen LogP contribution < -0.4 is 21.5 Å². The van der Waals surface area contributed by atoms with Gasteiger partial charge in [-0.25, -0.2) is 0 Å². The minimum Gasteiger partial charge on any atom is -0.481 e. The van der Waals surface area contributed by atoms with Crippen molar-refractivity contribution in [3.63, 3.8) is 0 Å². The number of carbonyl (C=O) groups is 5. The number of carboxylic acids is 1. The Morgan fingerprint density at radius 2 is 1.25 bits per heavy atom. The number of carbonyl (C=O) groups excluding carboxylic acids is 4. The van der Waals surface area contributed by atoms with Gasteiger partial charge in [0.25, 0.3) is 5.97 Å². The van der Waals surface area contributed by atoms with Crippen molar-refractivity contribution in [3.8, 4) is 0 Å². The number of nitrogens with zero attached hydrogens (tertiary/aromatic N) is 1. The number of para-hydroxylation sites is 1. The maximum atomic E-state index is 11.3. The second kappa shape index (κ2) is 53.5. The van der Waals surface area contributed by atoms with Crippen LogP contribution in [0.25, 0.3) is 21.7 Å². The second-order valence-electron chi connectivity index (χ2n) is 13.6. The molecule has 4 aromatic rings. The quantitative estimate of drug-likeness (QED) is 0.0617. The summed E-state index contributed by atoms with van der Waals surface area (Å²) in [6.45, 7) is 17.2. The zero-order chi connectivity index (χ0) is 50.9. The van der Waals surface area contributed by atoms with Crippen molar-refractivity contribution in [1.82, 2.24) is 20.5 Å². The number of thioether (sulfide) groups is 3. The highest BCUT2D eigenvalue weighted by atomic mass is 32.2. The molecule has 0 saturated heterocycles. The third-order valence-electron chi connectivity index (χ3n) is 6.95. The van der Waals surface area contributed by atoms with E-state index in [0.717, 1.165) is 17.7 Å². The summed E-state index contributed by atoms with van der Waals surface area (Å²) in [7, 11) is 1.43. The van der Waals surface area contributed by atoms with Crippen molar-refractivity contribution in [1.29, 1.82) is 0 Å². The molecular weight excluding hydrogens is 885 g/mol. The zero-order valence-electron chi connectivity index (χ0n) is 42.1. The van der Waals surface area contributed by atoms with E-state index in [9.17, 15) is 19.2 Å². The second-order valence-corrected chi connectivity index (χ2v) is 16.5. The van der Waals surface area contributed by atoms with E-state index >= 15 is 0 Å². The van der Waals surface area contributed by atoms with Crippen LogP contribution in [0.4, 0.5) is 0 Å². The van der Waals surface area contributed by atoms with Crippen molar-refractivity contribution >= 4 is 99.0 Å². The van der Waals surface area contributed by atoms with Gasteiger partial charge in [0.05, 0.1) is 13.1 Å². The maximum Gasteiger partial charge on any atom is 0.300 e. The molecule has 0 fully saturated rings. The highest BCUT2D eigenvalue weighted by Crippen LogP contribution is 2.20. The number of carboxylic acid groups (broad SMARTS) is 1. The number of primary amides is 1. The van der Waals surface area contributed by atoms with Crippen LogP contribution in [0.15, 0.2) is 72.9 Å². The molecule has 16 heteroatoms. The Labute approximate surface area is 405 Å². The number of nitrogens with one attached hydrogen (secondary N) is 3. The van der Waals surface area contributed by atoms with Crippen molar-refractivity contribution in [2.75, 3.05) is 63.9 Å². The summed E-state index contributed by atoms with van der Waals surface area (Å²) in [6, 6.07) is 22.5.